The van der Waals surface area contributed by atoms with E-state index in [1.54, 1.807) is 18.2 Å². The number of methoxy groups -OCH3 is 1. The third-order valence-electron chi connectivity index (χ3n) is 6.06. The smallest absolute Gasteiger partial charge is 0.339 e. The minimum Gasteiger partial charge on any atom is -0.465 e. The molecule has 0 spiro atoms. The van der Waals surface area contributed by atoms with Gasteiger partial charge in [0, 0.05) is 24.2 Å². The highest BCUT2D eigenvalue weighted by Gasteiger charge is 2.23. The van der Waals surface area contributed by atoms with Gasteiger partial charge < -0.3 is 24.7 Å². The predicted octanol–water partition coefficient (Wildman–Crippen LogP) is 4.26. The van der Waals surface area contributed by atoms with Crippen LogP contribution in [0.15, 0.2) is 53.3 Å². The molecule has 34 heavy (non-hydrogen) atoms. The number of hydrogen-bond acceptors (Lipinski definition) is 5. The van der Waals surface area contributed by atoms with Crippen molar-refractivity contribution >= 4 is 39.9 Å². The van der Waals surface area contributed by atoms with Crippen molar-refractivity contribution < 1.29 is 14.3 Å². The van der Waals surface area contributed by atoms with Crippen molar-refractivity contribution in [1.29, 1.82) is 0 Å². The predicted molar refractivity (Wildman–Crippen MR) is 137 cm³/mol. The van der Waals surface area contributed by atoms with Gasteiger partial charge in [-0.25, -0.2) is 4.79 Å². The molecular weight excluding hydrogens is 450 g/mol. The number of ether oxygens (including phenoxy) is 2. The molecule has 1 aromatic heterocycles. The number of para-hydroxylation sites is 1. The number of pyridine rings is 1. The number of anilines is 1. The average molecular weight is 480 g/mol. The quantitative estimate of drug-likeness (QED) is 0.387. The Morgan fingerprint density at radius 2 is 2.09 bits per heavy atom. The summed E-state index contributed by atoms with van der Waals surface area (Å²) in [6, 6.07) is 15.0. The number of benzene rings is 2. The lowest BCUT2D eigenvalue weighted by Gasteiger charge is -2.28. The van der Waals surface area contributed by atoms with Crippen LogP contribution in [-0.4, -0.2) is 47.3 Å². The zero-order valence-electron chi connectivity index (χ0n) is 19.4. The third-order valence-corrected chi connectivity index (χ3v) is 6.42. The molecule has 178 valence electrons. The van der Waals surface area contributed by atoms with Gasteiger partial charge in [-0.05, 0) is 72.8 Å². The number of thiocarbonyl (C=S) groups is 1. The van der Waals surface area contributed by atoms with E-state index in [0.717, 1.165) is 36.8 Å². The number of hydrogen-bond donors (Lipinski definition) is 2. The molecule has 8 heteroatoms. The summed E-state index contributed by atoms with van der Waals surface area (Å²) in [4.78, 5) is 30.0. The van der Waals surface area contributed by atoms with E-state index in [9.17, 15) is 9.59 Å². The molecule has 1 unspecified atom stereocenters. The lowest BCUT2D eigenvalue weighted by molar-refractivity contribution is 0.0602. The van der Waals surface area contributed by atoms with Gasteiger partial charge in [0.25, 0.3) is 5.56 Å². The molecule has 2 heterocycles. The maximum absolute atomic E-state index is 12.9. The lowest BCUT2D eigenvalue weighted by atomic mass is 10.1. The summed E-state index contributed by atoms with van der Waals surface area (Å²) >= 11 is 5.75. The van der Waals surface area contributed by atoms with Gasteiger partial charge in [-0.3, -0.25) is 4.79 Å². The minimum atomic E-state index is -0.450. The molecule has 1 saturated heterocycles. The molecule has 1 fully saturated rings. The third kappa shape index (κ3) is 5.46. The molecule has 4 rings (SSSR count). The Bertz CT molecular complexity index is 1250. The molecule has 0 aliphatic carbocycles. The van der Waals surface area contributed by atoms with Gasteiger partial charge in [0.15, 0.2) is 5.11 Å². The van der Waals surface area contributed by atoms with E-state index in [2.05, 4.69) is 23.3 Å². The van der Waals surface area contributed by atoms with E-state index in [1.807, 2.05) is 29.2 Å². The first-order valence-electron chi connectivity index (χ1n) is 11.5. The summed E-state index contributed by atoms with van der Waals surface area (Å²) in [5.41, 5.74) is 3.43. The number of H-pyrrole nitrogens is 1. The molecule has 2 N–H and O–H groups in total. The van der Waals surface area contributed by atoms with Gasteiger partial charge in [-0.2, -0.15) is 0 Å². The van der Waals surface area contributed by atoms with Crippen LogP contribution in [0.5, 0.6) is 0 Å². The van der Waals surface area contributed by atoms with Crippen LogP contribution < -0.4 is 10.9 Å². The number of carbonyl (C=O) groups is 1. The molecule has 0 radical (unpaired) electrons. The lowest BCUT2D eigenvalue weighted by Crippen LogP contribution is -2.40. The van der Waals surface area contributed by atoms with E-state index in [1.165, 1.54) is 12.7 Å². The summed E-state index contributed by atoms with van der Waals surface area (Å²) in [5, 5.41) is 4.58. The van der Waals surface area contributed by atoms with Crippen LogP contribution >= 0.6 is 12.2 Å². The van der Waals surface area contributed by atoms with Crippen LogP contribution in [0.2, 0.25) is 0 Å². The maximum atomic E-state index is 12.9. The number of aromatic amines is 1. The molecule has 2 aromatic carbocycles. The van der Waals surface area contributed by atoms with Crippen molar-refractivity contribution in [2.24, 2.45) is 0 Å². The molecule has 3 aromatic rings. The zero-order chi connectivity index (χ0) is 24.1. The van der Waals surface area contributed by atoms with E-state index >= 15 is 0 Å². The largest absolute Gasteiger partial charge is 0.465 e. The first-order chi connectivity index (χ1) is 16.5. The standard InChI is InChI=1S/C26H29N3O4S/c1-3-17-10-11-22-18(13-17)14-19(24(30)27-22)15-29(16-20-7-6-12-33-20)26(34)28-23-9-5-4-8-21(23)25(31)32-2/h4-5,8-11,13-14,20H,3,6-7,12,15-16H2,1-2H3,(H,27,30)(H,28,34). The summed E-state index contributed by atoms with van der Waals surface area (Å²) in [5.74, 6) is -0.450. The number of aromatic nitrogens is 1. The topological polar surface area (TPSA) is 83.7 Å². The van der Waals surface area contributed by atoms with Crippen molar-refractivity contribution in [3.8, 4) is 0 Å². The fourth-order valence-electron chi connectivity index (χ4n) is 4.17. The number of aryl methyl sites for hydroxylation is 1. The molecule has 1 atom stereocenters. The molecule has 7 nitrogen and oxygen atoms in total. The molecule has 1 aliphatic heterocycles. The van der Waals surface area contributed by atoms with Crippen molar-refractivity contribution in [2.75, 3.05) is 25.6 Å². The minimum absolute atomic E-state index is 0.0295. The Balaban J connectivity index is 1.63. The van der Waals surface area contributed by atoms with Crippen molar-refractivity contribution in [1.82, 2.24) is 9.88 Å². The van der Waals surface area contributed by atoms with Gasteiger partial charge in [-0.1, -0.05) is 25.1 Å². The van der Waals surface area contributed by atoms with Gasteiger partial charge >= 0.3 is 5.97 Å². The van der Waals surface area contributed by atoms with E-state index in [4.69, 9.17) is 21.7 Å². The van der Waals surface area contributed by atoms with Crippen LogP contribution in [0.1, 0.15) is 41.3 Å². The molecule has 0 bridgehead atoms. The van der Waals surface area contributed by atoms with Crippen LogP contribution in [-0.2, 0) is 22.4 Å². The maximum Gasteiger partial charge on any atom is 0.339 e. The van der Waals surface area contributed by atoms with Crippen LogP contribution in [0, 0.1) is 0 Å². The molecule has 1 aliphatic rings. The molecular formula is C26H29N3O4S. The number of carbonyl (C=O) groups excluding carboxylic acids is 1. The summed E-state index contributed by atoms with van der Waals surface area (Å²) in [7, 11) is 1.34. The number of rotatable bonds is 7. The van der Waals surface area contributed by atoms with Gasteiger partial charge in [-0.15, -0.1) is 0 Å². The number of fused-ring (bicyclic) bond motifs is 1. The molecule has 0 amide bonds. The van der Waals surface area contributed by atoms with E-state index < -0.39 is 5.97 Å². The number of nitrogens with zero attached hydrogens (tertiary/aromatic N) is 1. The van der Waals surface area contributed by atoms with E-state index in [0.29, 0.717) is 35.0 Å². The summed E-state index contributed by atoms with van der Waals surface area (Å²) < 4.78 is 10.7. The second-order valence-corrected chi connectivity index (χ2v) is 8.77. The highest BCUT2D eigenvalue weighted by atomic mass is 32.1. The van der Waals surface area contributed by atoms with Crippen molar-refractivity contribution in [2.45, 2.75) is 38.8 Å². The summed E-state index contributed by atoms with van der Waals surface area (Å²) in [6.45, 7) is 3.68. The Morgan fingerprint density at radius 3 is 2.82 bits per heavy atom. The Hall–Kier alpha value is -3.23. The second kappa shape index (κ2) is 10.8. The Morgan fingerprint density at radius 1 is 1.26 bits per heavy atom. The second-order valence-electron chi connectivity index (χ2n) is 8.38. The first-order valence-corrected chi connectivity index (χ1v) is 11.9. The van der Waals surface area contributed by atoms with Gasteiger partial charge in [0.05, 0.1) is 31.0 Å². The van der Waals surface area contributed by atoms with Crippen LogP contribution in [0.3, 0.4) is 0 Å². The van der Waals surface area contributed by atoms with Crippen molar-refractivity contribution in [3.63, 3.8) is 0 Å². The number of esters is 1. The normalized spacial score (nSPS) is 15.3. The van der Waals surface area contributed by atoms with Gasteiger partial charge in [0.1, 0.15) is 0 Å². The van der Waals surface area contributed by atoms with Gasteiger partial charge in [0.2, 0.25) is 0 Å². The SMILES string of the molecule is CCc1ccc2[nH]c(=O)c(CN(CC3CCCO3)C(=S)Nc3ccccc3C(=O)OC)cc2c1. The fraction of sp³-hybridized carbons (Fsp3) is 0.346. The molecule has 0 saturated carbocycles. The van der Waals surface area contributed by atoms with E-state index in [-0.39, 0.29) is 11.7 Å². The Kier molecular flexibility index (Phi) is 7.59. The fourth-order valence-corrected chi connectivity index (χ4v) is 4.42. The average Bonchev–Trinajstić information content (AvgIpc) is 3.36. The highest BCUT2D eigenvalue weighted by molar-refractivity contribution is 7.80. The first kappa shape index (κ1) is 23.9. The van der Waals surface area contributed by atoms with Crippen LogP contribution in [0.4, 0.5) is 5.69 Å². The monoisotopic (exact) mass is 479 g/mol. The summed E-state index contributed by atoms with van der Waals surface area (Å²) in [6.07, 6.45) is 2.89. The number of nitrogens with one attached hydrogen (secondary N) is 2. The van der Waals surface area contributed by atoms with Crippen LogP contribution in [0.25, 0.3) is 10.9 Å². The zero-order valence-corrected chi connectivity index (χ0v) is 20.2. The van der Waals surface area contributed by atoms with Crippen molar-refractivity contribution in [3.05, 3.63) is 75.6 Å². The highest BCUT2D eigenvalue weighted by Crippen LogP contribution is 2.20. The Labute approximate surface area is 204 Å².